The van der Waals surface area contributed by atoms with Gasteiger partial charge in [-0.1, -0.05) is 0 Å². The Kier molecular flexibility index (Phi) is 2.44. The van der Waals surface area contributed by atoms with Crippen LogP contribution in [0.4, 0.5) is 0 Å². The molecule has 10 heavy (non-hydrogen) atoms. The van der Waals surface area contributed by atoms with E-state index in [2.05, 4.69) is 10.9 Å². The Morgan fingerprint density at radius 3 is 2.50 bits per heavy atom. The molecule has 0 aromatic rings. The first-order chi connectivity index (χ1) is 4.61. The molecule has 0 amide bonds. The maximum absolute atomic E-state index is 10.6. The predicted octanol–water partition coefficient (Wildman–Crippen LogP) is -0.622. The monoisotopic (exact) mass is 166 g/mol. The lowest BCUT2D eigenvalue weighted by molar-refractivity contribution is 0.309. The molecule has 0 aromatic heterocycles. The third kappa shape index (κ3) is 2.04. The first-order valence-corrected chi connectivity index (χ1v) is 4.82. The summed E-state index contributed by atoms with van der Waals surface area (Å²) in [5.74, 6) is -0.693. The van der Waals surface area contributed by atoms with Crippen molar-refractivity contribution in [1.29, 1.82) is 0 Å². The molecule has 0 aromatic carbocycles. The van der Waals surface area contributed by atoms with Crippen molar-refractivity contribution in [3.05, 3.63) is 0 Å². The first kappa shape index (κ1) is 8.17. The molecular weight excluding hydrogens is 155 g/mol. The van der Waals surface area contributed by atoms with Gasteiger partial charge in [-0.05, 0) is 12.8 Å². The van der Waals surface area contributed by atoms with Crippen molar-refractivity contribution >= 4 is 7.60 Å². The fourth-order valence-corrected chi connectivity index (χ4v) is 1.68. The van der Waals surface area contributed by atoms with Crippen LogP contribution in [0.5, 0.6) is 0 Å². The zero-order valence-electron chi connectivity index (χ0n) is 5.45. The second-order valence-corrected chi connectivity index (χ2v) is 4.12. The van der Waals surface area contributed by atoms with E-state index in [1.165, 1.54) is 0 Å². The Morgan fingerprint density at radius 2 is 2.20 bits per heavy atom. The summed E-state index contributed by atoms with van der Waals surface area (Å²) in [5, 5.41) is 0. The van der Waals surface area contributed by atoms with E-state index in [0.717, 1.165) is 13.0 Å². The average Bonchev–Trinajstić information content (AvgIpc) is 1.88. The minimum absolute atomic E-state index is 0.539. The van der Waals surface area contributed by atoms with Crippen LogP contribution >= 0.6 is 7.60 Å². The third-order valence-corrected chi connectivity index (χ3v) is 2.65. The Morgan fingerprint density at radius 1 is 1.50 bits per heavy atom. The lowest BCUT2D eigenvalue weighted by atomic mass is 10.3. The summed E-state index contributed by atoms with van der Waals surface area (Å²) in [7, 11) is -3.91. The maximum Gasteiger partial charge on any atom is 0.343 e. The number of hydrogen-bond acceptors (Lipinski definition) is 3. The zero-order valence-corrected chi connectivity index (χ0v) is 6.34. The van der Waals surface area contributed by atoms with Crippen molar-refractivity contribution in [1.82, 2.24) is 10.9 Å². The topological polar surface area (TPSA) is 81.6 Å². The van der Waals surface area contributed by atoms with Crippen LogP contribution in [0.2, 0.25) is 0 Å². The van der Waals surface area contributed by atoms with E-state index >= 15 is 0 Å². The number of rotatable bonds is 1. The SMILES string of the molecule is O=P(O)(O)[C@@H]1CCCNN1. The molecule has 4 N–H and O–H groups in total. The summed E-state index contributed by atoms with van der Waals surface area (Å²) in [6.45, 7) is 0.774. The molecule has 60 valence electrons. The Labute approximate surface area is 58.9 Å². The van der Waals surface area contributed by atoms with Gasteiger partial charge < -0.3 is 9.79 Å². The molecular formula is C4H11N2O3P. The molecule has 0 radical (unpaired) electrons. The maximum atomic E-state index is 10.6. The Bertz CT molecular complexity index is 151. The van der Waals surface area contributed by atoms with E-state index in [-0.39, 0.29) is 0 Å². The summed E-state index contributed by atoms with van der Waals surface area (Å²) in [4.78, 5) is 17.3. The summed E-state index contributed by atoms with van der Waals surface area (Å²) >= 11 is 0. The second-order valence-electron chi connectivity index (χ2n) is 2.32. The summed E-state index contributed by atoms with van der Waals surface area (Å²) in [6.07, 6.45) is 1.35. The highest BCUT2D eigenvalue weighted by molar-refractivity contribution is 7.52. The second kappa shape index (κ2) is 2.98. The molecule has 1 heterocycles. The van der Waals surface area contributed by atoms with Gasteiger partial charge in [-0.2, -0.15) is 0 Å². The lowest BCUT2D eigenvalue weighted by Gasteiger charge is -2.24. The van der Waals surface area contributed by atoms with Crippen molar-refractivity contribution in [2.75, 3.05) is 6.54 Å². The van der Waals surface area contributed by atoms with E-state index in [1.54, 1.807) is 0 Å². The van der Waals surface area contributed by atoms with Crippen molar-refractivity contribution in [2.24, 2.45) is 0 Å². The molecule has 0 spiro atoms. The highest BCUT2D eigenvalue weighted by Crippen LogP contribution is 2.41. The predicted molar refractivity (Wildman–Crippen MR) is 36.2 cm³/mol. The third-order valence-electron chi connectivity index (χ3n) is 1.45. The normalized spacial score (nSPS) is 28.4. The summed E-state index contributed by atoms with van der Waals surface area (Å²) in [5.41, 5.74) is 5.25. The van der Waals surface area contributed by atoms with Crippen LogP contribution in [-0.4, -0.2) is 22.1 Å². The van der Waals surface area contributed by atoms with Gasteiger partial charge in [0.2, 0.25) is 0 Å². The van der Waals surface area contributed by atoms with E-state index < -0.39 is 13.4 Å². The van der Waals surface area contributed by atoms with Crippen LogP contribution < -0.4 is 10.9 Å². The van der Waals surface area contributed by atoms with E-state index in [9.17, 15) is 4.57 Å². The zero-order chi connectivity index (χ0) is 7.61. The highest BCUT2D eigenvalue weighted by atomic mass is 31.2. The Hall–Kier alpha value is 0.0700. The van der Waals surface area contributed by atoms with Gasteiger partial charge >= 0.3 is 7.60 Å². The summed E-state index contributed by atoms with van der Waals surface area (Å²) < 4.78 is 10.6. The van der Waals surface area contributed by atoms with Gasteiger partial charge in [0.05, 0.1) is 0 Å². The number of nitrogens with one attached hydrogen (secondary N) is 2. The van der Waals surface area contributed by atoms with Gasteiger partial charge in [-0.25, -0.2) is 5.43 Å². The van der Waals surface area contributed by atoms with Gasteiger partial charge in [0.15, 0.2) is 0 Å². The molecule has 0 aliphatic carbocycles. The first-order valence-electron chi connectivity index (χ1n) is 3.14. The molecule has 6 heteroatoms. The van der Waals surface area contributed by atoms with Crippen molar-refractivity contribution < 1.29 is 14.4 Å². The number of hydrogen-bond donors (Lipinski definition) is 4. The van der Waals surface area contributed by atoms with E-state index in [1.807, 2.05) is 0 Å². The Balaban J connectivity index is 2.47. The van der Waals surface area contributed by atoms with E-state index in [0.29, 0.717) is 6.42 Å². The van der Waals surface area contributed by atoms with Gasteiger partial charge in [-0.15, -0.1) is 0 Å². The van der Waals surface area contributed by atoms with Crippen LogP contribution in [0.1, 0.15) is 12.8 Å². The van der Waals surface area contributed by atoms with Gasteiger partial charge in [0.25, 0.3) is 0 Å². The molecule has 0 saturated carbocycles. The molecule has 0 unspecified atom stereocenters. The van der Waals surface area contributed by atoms with Crippen molar-refractivity contribution in [3.8, 4) is 0 Å². The molecule has 1 aliphatic rings. The lowest BCUT2D eigenvalue weighted by Crippen LogP contribution is -2.45. The number of hydrazine groups is 1. The molecule has 1 saturated heterocycles. The quantitative estimate of drug-likeness (QED) is 0.390. The minimum atomic E-state index is -3.91. The van der Waals surface area contributed by atoms with Crippen LogP contribution in [0, 0.1) is 0 Å². The largest absolute Gasteiger partial charge is 0.343 e. The van der Waals surface area contributed by atoms with Crippen molar-refractivity contribution in [3.63, 3.8) is 0 Å². The smallest absolute Gasteiger partial charge is 0.323 e. The average molecular weight is 166 g/mol. The fraction of sp³-hybridized carbons (Fsp3) is 1.00. The molecule has 0 bridgehead atoms. The van der Waals surface area contributed by atoms with Gasteiger partial charge in [0, 0.05) is 6.54 Å². The van der Waals surface area contributed by atoms with Crippen LogP contribution in [0.25, 0.3) is 0 Å². The van der Waals surface area contributed by atoms with Crippen LogP contribution in [0.3, 0.4) is 0 Å². The van der Waals surface area contributed by atoms with Crippen LogP contribution in [-0.2, 0) is 4.57 Å². The molecule has 1 fully saturated rings. The van der Waals surface area contributed by atoms with E-state index in [4.69, 9.17) is 9.79 Å². The summed E-state index contributed by atoms with van der Waals surface area (Å²) in [6, 6.07) is 0. The minimum Gasteiger partial charge on any atom is -0.323 e. The molecule has 1 aliphatic heterocycles. The standard InChI is InChI=1S/C4H11N2O3P/c7-10(8,9)4-2-1-3-5-6-4/h4-6H,1-3H2,(H2,7,8,9)/t4-/m1/s1. The van der Waals surface area contributed by atoms with Crippen LogP contribution in [0.15, 0.2) is 0 Å². The van der Waals surface area contributed by atoms with Gasteiger partial charge in [0.1, 0.15) is 5.78 Å². The highest BCUT2D eigenvalue weighted by Gasteiger charge is 2.29. The van der Waals surface area contributed by atoms with Gasteiger partial charge in [-0.3, -0.25) is 9.99 Å². The molecule has 1 rings (SSSR count). The fourth-order valence-electron chi connectivity index (χ4n) is 0.898. The molecule has 5 nitrogen and oxygen atoms in total. The molecule has 1 atom stereocenters. The van der Waals surface area contributed by atoms with Crippen molar-refractivity contribution in [2.45, 2.75) is 18.6 Å².